The van der Waals surface area contributed by atoms with Gasteiger partial charge in [0.1, 0.15) is 11.9 Å². The fourth-order valence-electron chi connectivity index (χ4n) is 1.38. The molecule has 0 bridgehead atoms. The van der Waals surface area contributed by atoms with Gasteiger partial charge in [-0.1, -0.05) is 6.07 Å². The zero-order valence-electron chi connectivity index (χ0n) is 9.11. The summed E-state index contributed by atoms with van der Waals surface area (Å²) in [6.45, 7) is 0. The molecule has 3 N–H and O–H groups in total. The van der Waals surface area contributed by atoms with E-state index in [0.29, 0.717) is 15.9 Å². The number of nitrogens with two attached hydrogens (primary N) is 1. The van der Waals surface area contributed by atoms with Crippen molar-refractivity contribution < 1.29 is 4.39 Å². The smallest absolute Gasteiger partial charge is 0.153 e. The van der Waals surface area contributed by atoms with Crippen LogP contribution in [0, 0.1) is 17.1 Å². The van der Waals surface area contributed by atoms with E-state index in [4.69, 9.17) is 11.0 Å². The van der Waals surface area contributed by atoms with Crippen LogP contribution in [0.4, 0.5) is 21.6 Å². The lowest BCUT2D eigenvalue weighted by Crippen LogP contribution is -2.02. The van der Waals surface area contributed by atoms with Gasteiger partial charge in [-0.15, -0.1) is 0 Å². The molecule has 90 valence electrons. The Hall–Kier alpha value is -2.13. The lowest BCUT2D eigenvalue weighted by molar-refractivity contribution is 0.631. The molecule has 0 aliphatic heterocycles. The summed E-state index contributed by atoms with van der Waals surface area (Å²) in [5.41, 5.74) is 6.62. The molecule has 6 heteroatoms. The molecular formula is C12H8BrFN4. The van der Waals surface area contributed by atoms with Crippen LogP contribution in [0.25, 0.3) is 0 Å². The Balaban J connectivity index is 2.38. The number of nitriles is 1. The van der Waals surface area contributed by atoms with Gasteiger partial charge in [-0.05, 0) is 34.1 Å². The topological polar surface area (TPSA) is 74.7 Å². The maximum Gasteiger partial charge on any atom is 0.153 e. The Kier molecular flexibility index (Phi) is 3.44. The van der Waals surface area contributed by atoms with Gasteiger partial charge in [0, 0.05) is 10.7 Å². The predicted octanol–water partition coefficient (Wildman–Crippen LogP) is 3.18. The SMILES string of the molecule is N#Cc1cnc(Nc2c(F)cccc2Br)c(N)c1. The molecule has 4 nitrogen and oxygen atoms in total. The number of rotatable bonds is 2. The minimum absolute atomic E-state index is 0.251. The summed E-state index contributed by atoms with van der Waals surface area (Å²) in [4.78, 5) is 3.98. The third-order valence-corrected chi connectivity index (χ3v) is 2.91. The number of pyridine rings is 1. The van der Waals surface area contributed by atoms with Crippen molar-refractivity contribution in [2.45, 2.75) is 0 Å². The molecular weight excluding hydrogens is 299 g/mol. The minimum atomic E-state index is -0.421. The van der Waals surface area contributed by atoms with Crippen LogP contribution in [0.3, 0.4) is 0 Å². The quantitative estimate of drug-likeness (QED) is 0.893. The second-order valence-corrected chi connectivity index (χ2v) is 4.35. The summed E-state index contributed by atoms with van der Waals surface area (Å²) in [5, 5.41) is 11.5. The molecule has 0 fully saturated rings. The molecule has 1 heterocycles. The fraction of sp³-hybridized carbons (Fsp3) is 0. The van der Waals surface area contributed by atoms with Crippen LogP contribution in [0.1, 0.15) is 5.56 Å². The Labute approximate surface area is 111 Å². The molecule has 18 heavy (non-hydrogen) atoms. The van der Waals surface area contributed by atoms with E-state index in [-0.39, 0.29) is 11.4 Å². The fourth-order valence-corrected chi connectivity index (χ4v) is 1.82. The van der Waals surface area contributed by atoms with Gasteiger partial charge in [-0.3, -0.25) is 0 Å². The molecule has 0 aliphatic rings. The molecule has 0 saturated heterocycles. The highest BCUT2D eigenvalue weighted by atomic mass is 79.9. The molecule has 0 aliphatic carbocycles. The molecule has 0 atom stereocenters. The van der Waals surface area contributed by atoms with Crippen molar-refractivity contribution in [2.75, 3.05) is 11.1 Å². The van der Waals surface area contributed by atoms with Gasteiger partial charge in [0.15, 0.2) is 5.82 Å². The average Bonchev–Trinajstić information content (AvgIpc) is 2.35. The van der Waals surface area contributed by atoms with Crippen LogP contribution in [-0.4, -0.2) is 4.98 Å². The van der Waals surface area contributed by atoms with E-state index < -0.39 is 5.82 Å². The number of nitrogens with zero attached hydrogens (tertiary/aromatic N) is 2. The van der Waals surface area contributed by atoms with E-state index in [2.05, 4.69) is 26.2 Å². The highest BCUT2D eigenvalue weighted by molar-refractivity contribution is 9.10. The van der Waals surface area contributed by atoms with Crippen LogP contribution in [0.5, 0.6) is 0 Å². The molecule has 0 saturated carbocycles. The standard InChI is InChI=1S/C12H8BrFN4/c13-8-2-1-3-9(14)11(8)18-12-10(16)4-7(5-15)6-17-12/h1-4,6H,16H2,(H,17,18). The summed E-state index contributed by atoms with van der Waals surface area (Å²) in [6, 6.07) is 8.01. The van der Waals surface area contributed by atoms with E-state index in [9.17, 15) is 4.39 Å². The summed E-state index contributed by atoms with van der Waals surface area (Å²) in [5.74, 6) is -0.116. The number of hydrogen-bond acceptors (Lipinski definition) is 4. The van der Waals surface area contributed by atoms with Gasteiger partial charge >= 0.3 is 0 Å². The van der Waals surface area contributed by atoms with E-state index in [1.54, 1.807) is 12.1 Å². The maximum absolute atomic E-state index is 13.6. The van der Waals surface area contributed by atoms with Crippen LogP contribution in [0.15, 0.2) is 34.9 Å². The van der Waals surface area contributed by atoms with Crippen molar-refractivity contribution in [3.63, 3.8) is 0 Å². The van der Waals surface area contributed by atoms with E-state index in [0.717, 1.165) is 0 Å². The number of nitrogens with one attached hydrogen (secondary N) is 1. The van der Waals surface area contributed by atoms with E-state index in [1.807, 2.05) is 6.07 Å². The molecule has 0 amide bonds. The van der Waals surface area contributed by atoms with Crippen molar-refractivity contribution in [1.29, 1.82) is 5.26 Å². The van der Waals surface area contributed by atoms with Crippen LogP contribution in [0.2, 0.25) is 0 Å². The molecule has 2 rings (SSSR count). The Bertz CT molecular complexity index is 616. The number of para-hydroxylation sites is 1. The largest absolute Gasteiger partial charge is 0.396 e. The Morgan fingerprint density at radius 3 is 2.83 bits per heavy atom. The Morgan fingerprint density at radius 1 is 1.44 bits per heavy atom. The highest BCUT2D eigenvalue weighted by Crippen LogP contribution is 2.29. The maximum atomic E-state index is 13.6. The zero-order valence-corrected chi connectivity index (χ0v) is 10.7. The number of nitrogen functional groups attached to an aromatic ring is 1. The highest BCUT2D eigenvalue weighted by Gasteiger charge is 2.09. The van der Waals surface area contributed by atoms with E-state index >= 15 is 0 Å². The van der Waals surface area contributed by atoms with Crippen LogP contribution in [-0.2, 0) is 0 Å². The zero-order chi connectivity index (χ0) is 13.1. The third-order valence-electron chi connectivity index (χ3n) is 2.25. The first kappa shape index (κ1) is 12.3. The van der Waals surface area contributed by atoms with Crippen molar-refractivity contribution in [3.8, 4) is 6.07 Å². The van der Waals surface area contributed by atoms with Gasteiger partial charge in [-0.2, -0.15) is 5.26 Å². The third kappa shape index (κ3) is 2.41. The van der Waals surface area contributed by atoms with Gasteiger partial charge in [0.05, 0.1) is 16.9 Å². The van der Waals surface area contributed by atoms with Gasteiger partial charge in [0.2, 0.25) is 0 Å². The van der Waals surface area contributed by atoms with Crippen molar-refractivity contribution in [2.24, 2.45) is 0 Å². The average molecular weight is 307 g/mol. The Morgan fingerprint density at radius 2 is 2.22 bits per heavy atom. The first-order valence-corrected chi connectivity index (χ1v) is 5.78. The second kappa shape index (κ2) is 5.02. The first-order valence-electron chi connectivity index (χ1n) is 4.98. The molecule has 0 unspecified atom stereocenters. The minimum Gasteiger partial charge on any atom is -0.396 e. The number of hydrogen-bond donors (Lipinski definition) is 2. The van der Waals surface area contributed by atoms with Gasteiger partial charge in [-0.25, -0.2) is 9.37 Å². The number of benzene rings is 1. The molecule has 1 aromatic heterocycles. The van der Waals surface area contributed by atoms with Crippen molar-refractivity contribution in [1.82, 2.24) is 4.98 Å². The molecule has 2 aromatic rings. The number of anilines is 3. The van der Waals surface area contributed by atoms with Gasteiger partial charge < -0.3 is 11.1 Å². The lowest BCUT2D eigenvalue weighted by atomic mass is 10.2. The van der Waals surface area contributed by atoms with Crippen LogP contribution >= 0.6 is 15.9 Å². The monoisotopic (exact) mass is 306 g/mol. The summed E-state index contributed by atoms with van der Waals surface area (Å²) in [7, 11) is 0. The number of aromatic nitrogens is 1. The van der Waals surface area contributed by atoms with E-state index in [1.165, 1.54) is 18.3 Å². The first-order chi connectivity index (χ1) is 8.61. The van der Waals surface area contributed by atoms with Crippen LogP contribution < -0.4 is 11.1 Å². The summed E-state index contributed by atoms with van der Waals surface area (Å²) < 4.78 is 14.2. The molecule has 0 spiro atoms. The number of halogens is 2. The lowest BCUT2D eigenvalue weighted by Gasteiger charge is -2.10. The summed E-state index contributed by atoms with van der Waals surface area (Å²) >= 11 is 3.23. The second-order valence-electron chi connectivity index (χ2n) is 3.50. The molecule has 0 radical (unpaired) electrons. The predicted molar refractivity (Wildman–Crippen MR) is 70.7 cm³/mol. The van der Waals surface area contributed by atoms with Crippen molar-refractivity contribution >= 4 is 33.1 Å². The summed E-state index contributed by atoms with van der Waals surface area (Å²) in [6.07, 6.45) is 1.37. The van der Waals surface area contributed by atoms with Gasteiger partial charge in [0.25, 0.3) is 0 Å². The normalized spacial score (nSPS) is 9.83. The molecule has 1 aromatic carbocycles. The van der Waals surface area contributed by atoms with Crippen molar-refractivity contribution in [3.05, 3.63) is 46.3 Å².